The van der Waals surface area contributed by atoms with Crippen LogP contribution in [0.25, 0.3) is 0 Å². The first-order valence-corrected chi connectivity index (χ1v) is 4.64. The van der Waals surface area contributed by atoms with Crippen molar-refractivity contribution in [2.75, 3.05) is 0 Å². The largest absolute Gasteiger partial charge is 0.382 e. The van der Waals surface area contributed by atoms with E-state index in [1.807, 2.05) is 13.0 Å². The van der Waals surface area contributed by atoms with E-state index in [-0.39, 0.29) is 0 Å². The molecule has 0 spiro atoms. The lowest BCUT2D eigenvalue weighted by Gasteiger charge is -2.09. The Morgan fingerprint density at radius 2 is 2.07 bits per heavy atom. The van der Waals surface area contributed by atoms with Crippen molar-refractivity contribution in [2.24, 2.45) is 0 Å². The van der Waals surface area contributed by atoms with Gasteiger partial charge >= 0.3 is 0 Å². The quantitative estimate of drug-likeness (QED) is 0.794. The van der Waals surface area contributed by atoms with Gasteiger partial charge in [-0.3, -0.25) is 15.0 Å². The highest BCUT2D eigenvalue weighted by atomic mass is 16.3. The van der Waals surface area contributed by atoms with E-state index < -0.39 is 6.10 Å². The van der Waals surface area contributed by atoms with Gasteiger partial charge < -0.3 is 5.11 Å². The number of aromatic nitrogens is 3. The van der Waals surface area contributed by atoms with Crippen LogP contribution in [0.1, 0.15) is 23.1 Å². The Hall–Kier alpha value is -1.81. The average molecular weight is 201 g/mol. The monoisotopic (exact) mass is 201 g/mol. The van der Waals surface area contributed by atoms with Crippen LogP contribution in [-0.4, -0.2) is 20.1 Å². The molecule has 0 aliphatic heterocycles. The van der Waals surface area contributed by atoms with Gasteiger partial charge in [-0.05, 0) is 24.6 Å². The summed E-state index contributed by atoms with van der Waals surface area (Å²) in [5.74, 6) is 0. The number of rotatable bonds is 2. The Morgan fingerprint density at radius 1 is 1.20 bits per heavy atom. The minimum atomic E-state index is -0.736. The van der Waals surface area contributed by atoms with Crippen LogP contribution in [0.2, 0.25) is 0 Å². The van der Waals surface area contributed by atoms with Crippen LogP contribution in [0, 0.1) is 6.92 Å². The molecule has 0 fully saturated rings. The van der Waals surface area contributed by atoms with Crippen LogP contribution in [0.5, 0.6) is 0 Å². The van der Waals surface area contributed by atoms with Gasteiger partial charge in [-0.15, -0.1) is 0 Å². The summed E-state index contributed by atoms with van der Waals surface area (Å²) in [6, 6.07) is 3.60. The standard InChI is InChI=1S/C11H11N3O/c1-8-6-9(2-3-13-8)11(15)10-7-12-4-5-14-10/h2-7,11,15H,1H3. The number of nitrogens with zero attached hydrogens (tertiary/aromatic N) is 3. The Kier molecular flexibility index (Phi) is 2.69. The maximum Gasteiger partial charge on any atom is 0.123 e. The van der Waals surface area contributed by atoms with Crippen molar-refractivity contribution >= 4 is 0 Å². The molecular formula is C11H11N3O. The maximum absolute atomic E-state index is 9.99. The van der Waals surface area contributed by atoms with Crippen molar-refractivity contribution < 1.29 is 5.11 Å². The number of aryl methyl sites for hydroxylation is 1. The molecule has 0 aliphatic rings. The molecule has 2 rings (SSSR count). The fourth-order valence-electron chi connectivity index (χ4n) is 1.36. The lowest BCUT2D eigenvalue weighted by molar-refractivity contribution is 0.214. The van der Waals surface area contributed by atoms with Crippen LogP contribution in [-0.2, 0) is 0 Å². The van der Waals surface area contributed by atoms with Crippen LogP contribution >= 0.6 is 0 Å². The Morgan fingerprint density at radius 3 is 2.73 bits per heavy atom. The van der Waals surface area contributed by atoms with Crippen molar-refractivity contribution in [1.29, 1.82) is 0 Å². The predicted octanol–water partition coefficient (Wildman–Crippen LogP) is 1.26. The molecule has 2 heterocycles. The minimum Gasteiger partial charge on any atom is -0.382 e. The van der Waals surface area contributed by atoms with Crippen LogP contribution in [0.3, 0.4) is 0 Å². The van der Waals surface area contributed by atoms with E-state index in [1.54, 1.807) is 30.9 Å². The van der Waals surface area contributed by atoms with Crippen LogP contribution in [0.15, 0.2) is 36.9 Å². The molecule has 0 bridgehead atoms. The summed E-state index contributed by atoms with van der Waals surface area (Å²) >= 11 is 0. The molecule has 1 atom stereocenters. The van der Waals surface area contributed by atoms with Gasteiger partial charge in [0.2, 0.25) is 0 Å². The van der Waals surface area contributed by atoms with Gasteiger partial charge in [-0.25, -0.2) is 0 Å². The third-order valence-electron chi connectivity index (χ3n) is 2.10. The van der Waals surface area contributed by atoms with Crippen molar-refractivity contribution in [2.45, 2.75) is 13.0 Å². The second-order valence-electron chi connectivity index (χ2n) is 3.26. The first kappa shape index (κ1) is 9.73. The van der Waals surface area contributed by atoms with Crippen molar-refractivity contribution in [3.05, 3.63) is 53.9 Å². The number of hydrogen-bond donors (Lipinski definition) is 1. The lowest BCUT2D eigenvalue weighted by atomic mass is 10.1. The summed E-state index contributed by atoms with van der Waals surface area (Å²) in [6.45, 7) is 1.88. The highest BCUT2D eigenvalue weighted by Crippen LogP contribution is 2.18. The smallest absolute Gasteiger partial charge is 0.123 e. The molecule has 0 radical (unpaired) electrons. The van der Waals surface area contributed by atoms with E-state index in [1.165, 1.54) is 0 Å². The molecule has 4 heteroatoms. The number of hydrogen-bond acceptors (Lipinski definition) is 4. The summed E-state index contributed by atoms with van der Waals surface area (Å²) in [5.41, 5.74) is 2.20. The van der Waals surface area contributed by atoms with Crippen molar-refractivity contribution in [3.63, 3.8) is 0 Å². The van der Waals surface area contributed by atoms with Crippen LogP contribution in [0.4, 0.5) is 0 Å². The average Bonchev–Trinajstić information content (AvgIpc) is 2.29. The number of aliphatic hydroxyl groups is 1. The van der Waals surface area contributed by atoms with E-state index in [4.69, 9.17) is 0 Å². The fraction of sp³-hybridized carbons (Fsp3) is 0.182. The Labute approximate surface area is 87.7 Å². The van der Waals surface area contributed by atoms with E-state index in [0.717, 1.165) is 11.3 Å². The van der Waals surface area contributed by atoms with Gasteiger partial charge in [0.05, 0.1) is 11.9 Å². The number of aliphatic hydroxyl groups excluding tert-OH is 1. The van der Waals surface area contributed by atoms with Gasteiger partial charge in [-0.1, -0.05) is 0 Å². The van der Waals surface area contributed by atoms with Gasteiger partial charge in [0.25, 0.3) is 0 Å². The first-order chi connectivity index (χ1) is 7.27. The first-order valence-electron chi connectivity index (χ1n) is 4.64. The highest BCUT2D eigenvalue weighted by molar-refractivity contribution is 5.24. The summed E-state index contributed by atoms with van der Waals surface area (Å²) in [4.78, 5) is 12.0. The molecule has 76 valence electrons. The third kappa shape index (κ3) is 2.16. The fourth-order valence-corrected chi connectivity index (χ4v) is 1.36. The van der Waals surface area contributed by atoms with Crippen molar-refractivity contribution in [1.82, 2.24) is 15.0 Å². The van der Waals surface area contributed by atoms with E-state index in [0.29, 0.717) is 5.69 Å². The molecular weight excluding hydrogens is 190 g/mol. The SMILES string of the molecule is Cc1cc(C(O)c2cnccn2)ccn1. The molecule has 15 heavy (non-hydrogen) atoms. The number of pyridine rings is 1. The molecule has 0 aliphatic carbocycles. The summed E-state index contributed by atoms with van der Waals surface area (Å²) in [7, 11) is 0. The molecule has 4 nitrogen and oxygen atoms in total. The zero-order chi connectivity index (χ0) is 10.7. The van der Waals surface area contributed by atoms with Gasteiger partial charge in [0.1, 0.15) is 6.10 Å². The summed E-state index contributed by atoms with van der Waals surface area (Å²) in [6.07, 6.45) is 5.63. The van der Waals surface area contributed by atoms with E-state index >= 15 is 0 Å². The molecule has 2 aromatic heterocycles. The molecule has 0 saturated carbocycles. The second kappa shape index (κ2) is 4.14. The zero-order valence-electron chi connectivity index (χ0n) is 8.33. The van der Waals surface area contributed by atoms with Gasteiger partial charge in [0, 0.05) is 24.3 Å². The van der Waals surface area contributed by atoms with Gasteiger partial charge in [-0.2, -0.15) is 0 Å². The minimum absolute atomic E-state index is 0.545. The molecule has 0 amide bonds. The Balaban J connectivity index is 2.32. The van der Waals surface area contributed by atoms with Gasteiger partial charge in [0.15, 0.2) is 0 Å². The van der Waals surface area contributed by atoms with Crippen LogP contribution < -0.4 is 0 Å². The zero-order valence-corrected chi connectivity index (χ0v) is 8.33. The molecule has 0 aromatic carbocycles. The van der Waals surface area contributed by atoms with E-state index in [2.05, 4.69) is 15.0 Å². The third-order valence-corrected chi connectivity index (χ3v) is 2.10. The normalized spacial score (nSPS) is 12.4. The molecule has 0 saturated heterocycles. The second-order valence-corrected chi connectivity index (χ2v) is 3.26. The topological polar surface area (TPSA) is 58.9 Å². The maximum atomic E-state index is 9.99. The Bertz CT molecular complexity index is 445. The highest BCUT2D eigenvalue weighted by Gasteiger charge is 2.11. The summed E-state index contributed by atoms with van der Waals surface area (Å²) < 4.78 is 0. The van der Waals surface area contributed by atoms with Crippen molar-refractivity contribution in [3.8, 4) is 0 Å². The molecule has 1 N–H and O–H groups in total. The molecule has 2 aromatic rings. The van der Waals surface area contributed by atoms with E-state index in [9.17, 15) is 5.11 Å². The lowest BCUT2D eigenvalue weighted by Crippen LogP contribution is -2.03. The predicted molar refractivity (Wildman–Crippen MR) is 55.1 cm³/mol. The molecule has 1 unspecified atom stereocenters. The summed E-state index contributed by atoms with van der Waals surface area (Å²) in [5, 5.41) is 9.99.